The molecule has 3 rings (SSSR count). The number of piperazine rings is 1. The van der Waals surface area contributed by atoms with E-state index in [0.717, 1.165) is 36.9 Å². The number of likely N-dealkylation sites (tertiary alicyclic amines) is 1. The molecule has 212 valence electrons. The van der Waals surface area contributed by atoms with Crippen molar-refractivity contribution in [3.63, 3.8) is 0 Å². The van der Waals surface area contributed by atoms with Gasteiger partial charge in [0, 0.05) is 25.6 Å². The van der Waals surface area contributed by atoms with Gasteiger partial charge in [-0.2, -0.15) is 0 Å². The average molecular weight is 502 g/mol. The number of piperidine rings is 1. The highest BCUT2D eigenvalue weighted by Gasteiger charge is 2.28. The van der Waals surface area contributed by atoms with Crippen molar-refractivity contribution in [3.05, 3.63) is 0 Å². The number of morpholine rings is 1. The Kier molecular flexibility index (Phi) is 15.8. The van der Waals surface area contributed by atoms with Crippen LogP contribution in [0.1, 0.15) is 61.8 Å². The molecule has 0 saturated carbocycles. The fourth-order valence-corrected chi connectivity index (χ4v) is 5.55. The zero-order valence-corrected chi connectivity index (χ0v) is 25.4. The monoisotopic (exact) mass is 502 g/mol. The Balaban J connectivity index is 0.000000489. The highest BCUT2D eigenvalue weighted by molar-refractivity contribution is 4.66. The predicted octanol–water partition coefficient (Wildman–Crippen LogP) is 4.92. The van der Waals surface area contributed by atoms with E-state index in [0.29, 0.717) is 0 Å². The van der Waals surface area contributed by atoms with Crippen molar-refractivity contribution in [3.8, 4) is 0 Å². The summed E-state index contributed by atoms with van der Waals surface area (Å²) in [7, 11) is 11.7. The zero-order chi connectivity index (χ0) is 26.0. The number of ether oxygens (including phenoxy) is 1. The Hall–Kier alpha value is -0.200. The number of hydrogen-bond donors (Lipinski definition) is 0. The van der Waals surface area contributed by atoms with E-state index in [2.05, 4.69) is 81.7 Å². The molecule has 3 saturated heterocycles. The van der Waals surface area contributed by atoms with Gasteiger partial charge >= 0.3 is 0 Å². The molecule has 5 heteroatoms. The first-order chi connectivity index (χ1) is 15.6. The standard InChI is InChI=1S/C10H23N2.C10H22N.C9H20NO.CH4/c1-10(2)9-11-5-7-12(3,4)8-6-11;1-9(2)10-5-7-11(3,4)8-6-10;1-9(2)8-10(3)4-6-11-7-5-10;/h10H,5-9H2,1-4H3;9-10H,5-8H2,1-4H3;9H,4-8H2,1-3H3;1H4/q3*+1;. The van der Waals surface area contributed by atoms with Crippen LogP contribution < -0.4 is 0 Å². The van der Waals surface area contributed by atoms with E-state index < -0.39 is 0 Å². The van der Waals surface area contributed by atoms with Crippen LogP contribution >= 0.6 is 0 Å². The topological polar surface area (TPSA) is 12.5 Å². The molecule has 3 aliphatic heterocycles. The lowest BCUT2D eigenvalue weighted by atomic mass is 9.86. The molecule has 0 aromatic rings. The molecule has 0 spiro atoms. The van der Waals surface area contributed by atoms with Gasteiger partial charge in [0.25, 0.3) is 0 Å². The summed E-state index contributed by atoms with van der Waals surface area (Å²) in [6.45, 7) is 28.7. The Labute approximate surface area is 222 Å². The third-order valence-electron chi connectivity index (χ3n) is 8.18. The maximum atomic E-state index is 5.33. The molecule has 0 N–H and O–H groups in total. The minimum atomic E-state index is 0. The van der Waals surface area contributed by atoms with Gasteiger partial charge in [-0.15, -0.1) is 0 Å². The van der Waals surface area contributed by atoms with E-state index in [1.54, 1.807) is 0 Å². The van der Waals surface area contributed by atoms with Gasteiger partial charge in [-0.25, -0.2) is 0 Å². The van der Waals surface area contributed by atoms with Gasteiger partial charge in [0.15, 0.2) is 0 Å². The number of nitrogens with zero attached hydrogens (tertiary/aromatic N) is 4. The summed E-state index contributed by atoms with van der Waals surface area (Å²) in [4.78, 5) is 2.59. The lowest BCUT2D eigenvalue weighted by Crippen LogP contribution is -2.55. The summed E-state index contributed by atoms with van der Waals surface area (Å²) < 4.78 is 8.98. The van der Waals surface area contributed by atoms with E-state index in [1.165, 1.54) is 91.7 Å². The first-order valence-electron chi connectivity index (χ1n) is 14.4. The van der Waals surface area contributed by atoms with E-state index in [4.69, 9.17) is 4.74 Å². The summed E-state index contributed by atoms with van der Waals surface area (Å²) in [6, 6.07) is 0. The van der Waals surface area contributed by atoms with Crippen molar-refractivity contribution in [2.75, 3.05) is 114 Å². The normalized spacial score (nSPS) is 24.2. The highest BCUT2D eigenvalue weighted by atomic mass is 16.5. The van der Waals surface area contributed by atoms with Gasteiger partial charge in [0.2, 0.25) is 0 Å². The Morgan fingerprint density at radius 1 is 0.686 bits per heavy atom. The first-order valence-corrected chi connectivity index (χ1v) is 14.4. The molecule has 3 heterocycles. The van der Waals surface area contributed by atoms with E-state index in [9.17, 15) is 0 Å². The summed E-state index contributed by atoms with van der Waals surface area (Å²) >= 11 is 0. The molecular formula is C30H69N4O+3. The van der Waals surface area contributed by atoms with Crippen LogP contribution in [-0.2, 0) is 4.74 Å². The fourth-order valence-electron chi connectivity index (χ4n) is 5.55. The molecule has 5 nitrogen and oxygen atoms in total. The molecule has 0 atom stereocenters. The summed E-state index contributed by atoms with van der Waals surface area (Å²) in [5.41, 5.74) is 0. The van der Waals surface area contributed by atoms with Crippen LogP contribution in [0.2, 0.25) is 0 Å². The second-order valence-corrected chi connectivity index (χ2v) is 14.3. The SMILES string of the molecule is C.CC(C)C1CC[N+](C)(C)CC1.CC(C)CN1CC[N+](C)(C)CC1.CC(C)C[N+]1(C)CCOCC1. The number of hydrogen-bond acceptors (Lipinski definition) is 2. The maximum Gasteiger partial charge on any atom is 0.102 e. The predicted molar refractivity (Wildman–Crippen MR) is 156 cm³/mol. The minimum Gasteiger partial charge on any atom is -0.370 e. The Morgan fingerprint density at radius 2 is 1.14 bits per heavy atom. The van der Waals surface area contributed by atoms with Crippen molar-refractivity contribution in [2.45, 2.75) is 61.8 Å². The number of likely N-dealkylation sites (N-methyl/N-ethyl adjacent to an activating group) is 2. The molecule has 0 unspecified atom stereocenters. The largest absolute Gasteiger partial charge is 0.370 e. The molecule has 0 aromatic heterocycles. The third-order valence-corrected chi connectivity index (χ3v) is 8.18. The quantitative estimate of drug-likeness (QED) is 0.496. The van der Waals surface area contributed by atoms with Crippen molar-refractivity contribution >= 4 is 0 Å². The minimum absolute atomic E-state index is 0. The van der Waals surface area contributed by atoms with Crippen molar-refractivity contribution in [2.24, 2.45) is 23.7 Å². The van der Waals surface area contributed by atoms with Gasteiger partial charge in [-0.3, -0.25) is 4.90 Å². The van der Waals surface area contributed by atoms with Gasteiger partial charge < -0.3 is 18.2 Å². The van der Waals surface area contributed by atoms with Crippen LogP contribution in [0.5, 0.6) is 0 Å². The molecule has 0 amide bonds. The molecule has 35 heavy (non-hydrogen) atoms. The van der Waals surface area contributed by atoms with Gasteiger partial charge in [0.1, 0.15) is 13.1 Å². The van der Waals surface area contributed by atoms with E-state index >= 15 is 0 Å². The van der Waals surface area contributed by atoms with Gasteiger partial charge in [-0.05, 0) is 30.6 Å². The first kappa shape index (κ1) is 34.8. The number of quaternary nitrogens is 3. The van der Waals surface area contributed by atoms with Crippen LogP contribution in [0.4, 0.5) is 0 Å². The smallest absolute Gasteiger partial charge is 0.102 e. The fraction of sp³-hybridized carbons (Fsp3) is 1.00. The molecular weight excluding hydrogens is 432 g/mol. The van der Waals surface area contributed by atoms with E-state index in [-0.39, 0.29) is 7.43 Å². The van der Waals surface area contributed by atoms with Crippen LogP contribution in [0.15, 0.2) is 0 Å². The molecule has 0 radical (unpaired) electrons. The van der Waals surface area contributed by atoms with Crippen molar-refractivity contribution in [1.29, 1.82) is 0 Å². The van der Waals surface area contributed by atoms with Gasteiger partial charge in [0.05, 0.1) is 81.2 Å². The summed E-state index contributed by atoms with van der Waals surface area (Å²) in [5.74, 6) is 3.52. The average Bonchev–Trinajstić information content (AvgIpc) is 2.70. The van der Waals surface area contributed by atoms with Crippen LogP contribution in [-0.4, -0.2) is 132 Å². The molecule has 0 bridgehead atoms. The van der Waals surface area contributed by atoms with Crippen molar-refractivity contribution < 1.29 is 18.2 Å². The van der Waals surface area contributed by atoms with Crippen LogP contribution in [0.3, 0.4) is 0 Å². The lowest BCUT2D eigenvalue weighted by molar-refractivity contribution is -0.919. The summed E-state index contributed by atoms with van der Waals surface area (Å²) in [6.07, 6.45) is 2.87. The van der Waals surface area contributed by atoms with Crippen molar-refractivity contribution in [1.82, 2.24) is 4.90 Å². The third kappa shape index (κ3) is 15.6. The number of rotatable bonds is 5. The molecule has 3 fully saturated rings. The van der Waals surface area contributed by atoms with Gasteiger partial charge in [-0.1, -0.05) is 49.0 Å². The van der Waals surface area contributed by atoms with Crippen LogP contribution in [0, 0.1) is 23.7 Å². The van der Waals surface area contributed by atoms with Crippen LogP contribution in [0.25, 0.3) is 0 Å². The second-order valence-electron chi connectivity index (χ2n) is 14.3. The molecule has 0 aliphatic carbocycles. The Morgan fingerprint density at radius 3 is 1.54 bits per heavy atom. The Bertz CT molecular complexity index is 518. The maximum absolute atomic E-state index is 5.33. The summed E-state index contributed by atoms with van der Waals surface area (Å²) in [5, 5.41) is 0. The molecule has 3 aliphatic rings. The lowest BCUT2D eigenvalue weighted by Gasteiger charge is -2.39. The highest BCUT2D eigenvalue weighted by Crippen LogP contribution is 2.26. The molecule has 0 aromatic carbocycles. The second kappa shape index (κ2) is 15.9. The van der Waals surface area contributed by atoms with E-state index in [1.807, 2.05) is 0 Å². The zero-order valence-electron chi connectivity index (χ0n) is 25.4.